The number of piperidine rings is 1. The van der Waals surface area contributed by atoms with E-state index >= 15 is 0 Å². The molecule has 0 atom stereocenters. The van der Waals surface area contributed by atoms with Crippen LogP contribution in [-0.2, 0) is 0 Å². The van der Waals surface area contributed by atoms with E-state index in [0.29, 0.717) is 0 Å². The lowest BCUT2D eigenvalue weighted by Gasteiger charge is -2.34. The van der Waals surface area contributed by atoms with Gasteiger partial charge in [0.15, 0.2) is 0 Å². The second-order valence-electron chi connectivity index (χ2n) is 6.33. The van der Waals surface area contributed by atoms with E-state index < -0.39 is 0 Å². The summed E-state index contributed by atoms with van der Waals surface area (Å²) in [4.78, 5) is 20.3. The molecule has 1 aromatic heterocycles. The Kier molecular flexibility index (Phi) is 4.24. The molecule has 2 N–H and O–H groups in total. The number of aromatic amines is 1. The first-order valence-corrected chi connectivity index (χ1v) is 6.99. The topological polar surface area (TPSA) is 61.0 Å². The highest BCUT2D eigenvalue weighted by Crippen LogP contribution is 2.20. The average Bonchev–Trinajstić information content (AvgIpc) is 2.36. The first-order valence-electron chi connectivity index (χ1n) is 6.99. The zero-order valence-corrected chi connectivity index (χ0v) is 12.1. The Morgan fingerprint density at radius 1 is 1.42 bits per heavy atom. The lowest BCUT2D eigenvalue weighted by Crippen LogP contribution is -2.43. The van der Waals surface area contributed by atoms with Gasteiger partial charge in [0.2, 0.25) is 0 Å². The van der Waals surface area contributed by atoms with Crippen LogP contribution in [0.25, 0.3) is 0 Å². The molecule has 0 unspecified atom stereocenters. The van der Waals surface area contributed by atoms with Gasteiger partial charge in [-0.25, -0.2) is 4.98 Å². The summed E-state index contributed by atoms with van der Waals surface area (Å²) in [6, 6.07) is 1.58. The molecule has 1 aliphatic heterocycles. The van der Waals surface area contributed by atoms with Crippen molar-refractivity contribution in [3.05, 3.63) is 22.7 Å². The van der Waals surface area contributed by atoms with E-state index in [4.69, 9.17) is 0 Å². The number of anilines is 1. The van der Waals surface area contributed by atoms with Crippen molar-refractivity contribution in [1.82, 2.24) is 15.3 Å². The van der Waals surface area contributed by atoms with Gasteiger partial charge >= 0.3 is 0 Å². The largest absolute Gasteiger partial charge is 0.356 e. The maximum Gasteiger partial charge on any atom is 0.252 e. The third kappa shape index (κ3) is 4.35. The van der Waals surface area contributed by atoms with Gasteiger partial charge in [0, 0.05) is 24.7 Å². The monoisotopic (exact) mass is 264 g/mol. The molecule has 106 valence electrons. The van der Waals surface area contributed by atoms with Crippen molar-refractivity contribution in [1.29, 1.82) is 0 Å². The van der Waals surface area contributed by atoms with Crippen LogP contribution in [0, 0.1) is 5.92 Å². The van der Waals surface area contributed by atoms with E-state index in [0.717, 1.165) is 44.2 Å². The fourth-order valence-corrected chi connectivity index (χ4v) is 2.35. The molecule has 2 rings (SSSR count). The van der Waals surface area contributed by atoms with E-state index in [-0.39, 0.29) is 11.1 Å². The number of hydrogen-bond donors (Lipinski definition) is 2. The van der Waals surface area contributed by atoms with Gasteiger partial charge in [0.1, 0.15) is 5.82 Å². The number of rotatable bonds is 3. The molecule has 1 aliphatic rings. The van der Waals surface area contributed by atoms with Crippen molar-refractivity contribution in [3.8, 4) is 0 Å². The molecule has 0 aliphatic carbocycles. The van der Waals surface area contributed by atoms with E-state index in [1.807, 2.05) is 0 Å². The number of H-pyrrole nitrogens is 1. The van der Waals surface area contributed by atoms with Gasteiger partial charge in [-0.2, -0.15) is 0 Å². The maximum atomic E-state index is 11.3. The van der Waals surface area contributed by atoms with Crippen molar-refractivity contribution in [2.24, 2.45) is 5.92 Å². The van der Waals surface area contributed by atoms with E-state index in [9.17, 15) is 4.79 Å². The standard InChI is InChI=1S/C14H24N4O/c1-14(2,3)17-9-11-4-6-18(7-5-11)12-8-13(19)16-10-15-12/h8,10-11,17H,4-7,9H2,1-3H3,(H,15,16,19). The molecule has 1 fully saturated rings. The summed E-state index contributed by atoms with van der Waals surface area (Å²) in [5, 5.41) is 3.57. The van der Waals surface area contributed by atoms with Crippen LogP contribution >= 0.6 is 0 Å². The zero-order chi connectivity index (χ0) is 13.9. The normalized spacial score (nSPS) is 17.7. The highest BCUT2D eigenvalue weighted by molar-refractivity contribution is 5.36. The summed E-state index contributed by atoms with van der Waals surface area (Å²) in [5.74, 6) is 1.52. The Morgan fingerprint density at radius 2 is 2.11 bits per heavy atom. The Hall–Kier alpha value is -1.36. The summed E-state index contributed by atoms with van der Waals surface area (Å²) in [7, 11) is 0. The number of hydrogen-bond acceptors (Lipinski definition) is 4. The van der Waals surface area contributed by atoms with E-state index in [2.05, 4.69) is 41.0 Å². The molecule has 0 saturated carbocycles. The van der Waals surface area contributed by atoms with Gasteiger partial charge in [-0.05, 0) is 46.1 Å². The Bertz CT molecular complexity index is 455. The molecule has 0 bridgehead atoms. The van der Waals surface area contributed by atoms with Gasteiger partial charge < -0.3 is 15.2 Å². The van der Waals surface area contributed by atoms with E-state index in [1.54, 1.807) is 6.07 Å². The van der Waals surface area contributed by atoms with Crippen molar-refractivity contribution in [2.45, 2.75) is 39.2 Å². The average molecular weight is 264 g/mol. The van der Waals surface area contributed by atoms with Crippen molar-refractivity contribution < 1.29 is 0 Å². The van der Waals surface area contributed by atoms with Crippen molar-refractivity contribution in [3.63, 3.8) is 0 Å². The van der Waals surface area contributed by atoms with Crippen LogP contribution in [0.2, 0.25) is 0 Å². The SMILES string of the molecule is CC(C)(C)NCC1CCN(c2cc(=O)[nH]cn2)CC1. The molecule has 2 heterocycles. The predicted octanol–water partition coefficient (Wildman–Crippen LogP) is 1.37. The zero-order valence-electron chi connectivity index (χ0n) is 12.1. The minimum absolute atomic E-state index is 0.0819. The lowest BCUT2D eigenvalue weighted by atomic mass is 9.95. The summed E-state index contributed by atoms with van der Waals surface area (Å²) in [6.45, 7) is 9.62. The Labute approximate surface area is 114 Å². The van der Waals surface area contributed by atoms with E-state index in [1.165, 1.54) is 6.33 Å². The molecule has 0 amide bonds. The lowest BCUT2D eigenvalue weighted by molar-refractivity contribution is 0.328. The van der Waals surface area contributed by atoms with Crippen LogP contribution in [0.4, 0.5) is 5.82 Å². The molecular weight excluding hydrogens is 240 g/mol. The molecule has 19 heavy (non-hydrogen) atoms. The van der Waals surface area contributed by atoms with Crippen LogP contribution in [0.3, 0.4) is 0 Å². The number of nitrogens with zero attached hydrogens (tertiary/aromatic N) is 2. The Balaban J connectivity index is 1.84. The van der Waals surface area contributed by atoms with Crippen molar-refractivity contribution in [2.75, 3.05) is 24.5 Å². The van der Waals surface area contributed by atoms with Gasteiger partial charge in [-0.3, -0.25) is 4.79 Å². The van der Waals surface area contributed by atoms with Crippen LogP contribution in [0.1, 0.15) is 33.6 Å². The summed E-state index contributed by atoms with van der Waals surface area (Å²) in [5.41, 5.74) is 0.104. The molecule has 5 nitrogen and oxygen atoms in total. The Morgan fingerprint density at radius 3 is 2.68 bits per heavy atom. The summed E-state index contributed by atoms with van der Waals surface area (Å²) >= 11 is 0. The summed E-state index contributed by atoms with van der Waals surface area (Å²) in [6.07, 6.45) is 3.78. The third-order valence-corrected chi connectivity index (χ3v) is 3.52. The first kappa shape index (κ1) is 14.1. The summed E-state index contributed by atoms with van der Waals surface area (Å²) < 4.78 is 0. The number of nitrogens with one attached hydrogen (secondary N) is 2. The van der Waals surface area contributed by atoms with Crippen LogP contribution in [-0.4, -0.2) is 35.1 Å². The predicted molar refractivity (Wildman–Crippen MR) is 77.6 cm³/mol. The highest BCUT2D eigenvalue weighted by atomic mass is 16.1. The molecule has 0 spiro atoms. The molecular formula is C14H24N4O. The van der Waals surface area contributed by atoms with Gasteiger partial charge in [0.05, 0.1) is 6.33 Å². The quantitative estimate of drug-likeness (QED) is 0.865. The fraction of sp³-hybridized carbons (Fsp3) is 0.714. The third-order valence-electron chi connectivity index (χ3n) is 3.52. The van der Waals surface area contributed by atoms with Gasteiger partial charge in [0.25, 0.3) is 5.56 Å². The minimum atomic E-state index is -0.0819. The second kappa shape index (κ2) is 5.74. The van der Waals surface area contributed by atoms with Crippen molar-refractivity contribution >= 4 is 5.82 Å². The molecule has 0 radical (unpaired) electrons. The van der Waals surface area contributed by atoms with Crippen LogP contribution < -0.4 is 15.8 Å². The van der Waals surface area contributed by atoms with Gasteiger partial charge in [-0.1, -0.05) is 0 Å². The molecule has 0 aromatic carbocycles. The molecule has 1 saturated heterocycles. The highest BCUT2D eigenvalue weighted by Gasteiger charge is 2.21. The van der Waals surface area contributed by atoms with Gasteiger partial charge in [-0.15, -0.1) is 0 Å². The van der Waals surface area contributed by atoms with Crippen LogP contribution in [0.15, 0.2) is 17.2 Å². The fourth-order valence-electron chi connectivity index (χ4n) is 2.35. The second-order valence-corrected chi connectivity index (χ2v) is 6.33. The first-order chi connectivity index (χ1) is 8.94. The molecule has 1 aromatic rings. The number of aromatic nitrogens is 2. The smallest absolute Gasteiger partial charge is 0.252 e. The maximum absolute atomic E-state index is 11.3. The minimum Gasteiger partial charge on any atom is -0.356 e. The van der Waals surface area contributed by atoms with Crippen LogP contribution in [0.5, 0.6) is 0 Å². The molecule has 5 heteroatoms.